The quantitative estimate of drug-likeness (QED) is 0.405. The number of nitrogens with zero attached hydrogens (tertiary/aromatic N) is 2. The molecule has 9 nitrogen and oxygen atoms in total. The first-order chi connectivity index (χ1) is 17.6. The van der Waals surface area contributed by atoms with Crippen LogP contribution in [0.4, 0.5) is 0 Å². The van der Waals surface area contributed by atoms with Crippen LogP contribution in [-0.2, 0) is 13.0 Å². The molecule has 1 aliphatic heterocycles. The van der Waals surface area contributed by atoms with E-state index in [0.717, 1.165) is 10.9 Å². The molecule has 0 bridgehead atoms. The smallest absolute Gasteiger partial charge is 0.254 e. The maximum atomic E-state index is 13.4. The summed E-state index contributed by atoms with van der Waals surface area (Å²) in [6, 6.07) is 14.4. The van der Waals surface area contributed by atoms with E-state index < -0.39 is 0 Å². The Kier molecular flexibility index (Phi) is 6.44. The van der Waals surface area contributed by atoms with Crippen LogP contribution in [0.3, 0.4) is 0 Å². The first-order valence-electron chi connectivity index (χ1n) is 11.4. The number of amides is 1. The SMILES string of the molecule is COc1ccc(CCN(Cc2cc3cc4c(cc3[nH]c2=O)OCO4)C(=O)c2ccncc2)cc1OC. The molecule has 9 heteroatoms. The number of aromatic amines is 1. The summed E-state index contributed by atoms with van der Waals surface area (Å²) >= 11 is 0. The van der Waals surface area contributed by atoms with Crippen molar-refractivity contribution in [3.8, 4) is 23.0 Å². The number of nitrogens with one attached hydrogen (secondary N) is 1. The van der Waals surface area contributed by atoms with Crippen molar-refractivity contribution in [2.24, 2.45) is 0 Å². The van der Waals surface area contributed by atoms with Gasteiger partial charge >= 0.3 is 0 Å². The number of rotatable bonds is 8. The summed E-state index contributed by atoms with van der Waals surface area (Å²) in [7, 11) is 3.17. The summed E-state index contributed by atoms with van der Waals surface area (Å²) in [5.74, 6) is 2.28. The Balaban J connectivity index is 1.44. The van der Waals surface area contributed by atoms with E-state index in [1.54, 1.807) is 55.8 Å². The maximum absolute atomic E-state index is 13.4. The largest absolute Gasteiger partial charge is 0.493 e. The molecule has 0 atom stereocenters. The van der Waals surface area contributed by atoms with Crippen LogP contribution in [-0.4, -0.2) is 48.3 Å². The lowest BCUT2D eigenvalue weighted by Gasteiger charge is -2.23. The number of fused-ring (bicyclic) bond motifs is 2. The fraction of sp³-hybridized carbons (Fsp3) is 0.222. The van der Waals surface area contributed by atoms with E-state index in [1.807, 2.05) is 24.3 Å². The topological polar surface area (TPSA) is 103 Å². The van der Waals surface area contributed by atoms with Gasteiger partial charge in [0.25, 0.3) is 11.5 Å². The molecule has 36 heavy (non-hydrogen) atoms. The van der Waals surface area contributed by atoms with Gasteiger partial charge in [-0.3, -0.25) is 14.6 Å². The molecule has 1 N–H and O–H groups in total. The van der Waals surface area contributed by atoms with Crippen LogP contribution in [0.1, 0.15) is 21.5 Å². The zero-order valence-electron chi connectivity index (χ0n) is 19.9. The van der Waals surface area contributed by atoms with Gasteiger partial charge in [-0.25, -0.2) is 0 Å². The molecule has 4 aromatic rings. The van der Waals surface area contributed by atoms with Crippen molar-refractivity contribution in [3.05, 3.63) is 88.0 Å². The Morgan fingerprint density at radius 2 is 1.75 bits per heavy atom. The third-order valence-corrected chi connectivity index (χ3v) is 6.11. The van der Waals surface area contributed by atoms with E-state index in [0.29, 0.717) is 52.6 Å². The van der Waals surface area contributed by atoms with E-state index in [-0.39, 0.29) is 24.8 Å². The highest BCUT2D eigenvalue weighted by Crippen LogP contribution is 2.35. The number of H-pyrrole nitrogens is 1. The highest BCUT2D eigenvalue weighted by Gasteiger charge is 2.20. The standard InChI is InChI=1S/C27H25N3O6/c1-33-22-4-3-17(11-23(22)34-2)7-10-30(27(32)18-5-8-28-9-6-18)15-20-12-19-13-24-25(36-16-35-24)14-21(19)29-26(20)31/h3-6,8-9,11-14H,7,10,15-16H2,1-2H3,(H,29,31). The van der Waals surface area contributed by atoms with Gasteiger partial charge in [-0.2, -0.15) is 0 Å². The van der Waals surface area contributed by atoms with Gasteiger partial charge in [0.1, 0.15) is 0 Å². The van der Waals surface area contributed by atoms with Gasteiger partial charge in [-0.05, 0) is 48.4 Å². The van der Waals surface area contributed by atoms with Gasteiger partial charge < -0.3 is 28.8 Å². The number of aromatic nitrogens is 2. The summed E-state index contributed by atoms with van der Waals surface area (Å²) in [4.78, 5) is 34.9. The second-order valence-electron chi connectivity index (χ2n) is 8.32. The molecule has 2 aromatic carbocycles. The normalized spacial score (nSPS) is 11.9. The Hall–Kier alpha value is -4.53. The maximum Gasteiger partial charge on any atom is 0.254 e. The third-order valence-electron chi connectivity index (χ3n) is 6.11. The Labute approximate surface area is 207 Å². The van der Waals surface area contributed by atoms with Crippen LogP contribution in [0.2, 0.25) is 0 Å². The predicted octanol–water partition coefficient (Wildman–Crippen LogP) is 3.55. The fourth-order valence-electron chi connectivity index (χ4n) is 4.19. The molecule has 0 saturated heterocycles. The van der Waals surface area contributed by atoms with Crippen LogP contribution >= 0.6 is 0 Å². The highest BCUT2D eigenvalue weighted by molar-refractivity contribution is 5.94. The molecule has 2 aromatic heterocycles. The zero-order chi connectivity index (χ0) is 25.1. The second-order valence-corrected chi connectivity index (χ2v) is 8.32. The number of carbonyl (C=O) groups excluding carboxylic acids is 1. The molecule has 0 radical (unpaired) electrons. The molecular formula is C27H25N3O6. The molecular weight excluding hydrogens is 462 g/mol. The summed E-state index contributed by atoms with van der Waals surface area (Å²) < 4.78 is 21.6. The van der Waals surface area contributed by atoms with Gasteiger partial charge in [0.05, 0.1) is 26.3 Å². The lowest BCUT2D eigenvalue weighted by molar-refractivity contribution is 0.0744. The van der Waals surface area contributed by atoms with Crippen molar-refractivity contribution in [3.63, 3.8) is 0 Å². The summed E-state index contributed by atoms with van der Waals surface area (Å²) in [6.07, 6.45) is 3.71. The zero-order valence-corrected chi connectivity index (χ0v) is 19.9. The fourth-order valence-corrected chi connectivity index (χ4v) is 4.19. The van der Waals surface area contributed by atoms with Crippen molar-refractivity contribution in [2.75, 3.05) is 27.6 Å². The van der Waals surface area contributed by atoms with Gasteiger partial charge in [-0.1, -0.05) is 6.07 Å². The lowest BCUT2D eigenvalue weighted by atomic mass is 10.1. The monoisotopic (exact) mass is 487 g/mol. The molecule has 0 spiro atoms. The average Bonchev–Trinajstić information content (AvgIpc) is 3.37. The summed E-state index contributed by atoms with van der Waals surface area (Å²) in [6.45, 7) is 0.663. The molecule has 1 amide bonds. The number of carbonyl (C=O) groups is 1. The van der Waals surface area contributed by atoms with Gasteiger partial charge in [0.2, 0.25) is 6.79 Å². The van der Waals surface area contributed by atoms with E-state index in [4.69, 9.17) is 18.9 Å². The second kappa shape index (κ2) is 9.99. The molecule has 0 fully saturated rings. The minimum Gasteiger partial charge on any atom is -0.493 e. The van der Waals surface area contributed by atoms with Crippen molar-refractivity contribution < 1.29 is 23.7 Å². The number of ether oxygens (including phenoxy) is 4. The molecule has 1 aliphatic rings. The van der Waals surface area contributed by atoms with Gasteiger partial charge in [0, 0.05) is 41.5 Å². The van der Waals surface area contributed by atoms with Crippen LogP contribution in [0.25, 0.3) is 10.9 Å². The predicted molar refractivity (Wildman–Crippen MR) is 133 cm³/mol. The first kappa shape index (κ1) is 23.2. The third kappa shape index (κ3) is 4.68. The van der Waals surface area contributed by atoms with E-state index in [1.165, 1.54) is 0 Å². The van der Waals surface area contributed by atoms with Crippen LogP contribution < -0.4 is 24.5 Å². The molecule has 0 aliphatic carbocycles. The van der Waals surface area contributed by atoms with Gasteiger partial charge in [0.15, 0.2) is 23.0 Å². The molecule has 5 rings (SSSR count). The highest BCUT2D eigenvalue weighted by atomic mass is 16.7. The van der Waals surface area contributed by atoms with Crippen molar-refractivity contribution in [1.82, 2.24) is 14.9 Å². The number of hydrogen-bond donors (Lipinski definition) is 1. The van der Waals surface area contributed by atoms with Crippen molar-refractivity contribution in [1.29, 1.82) is 0 Å². The van der Waals surface area contributed by atoms with E-state index in [2.05, 4.69) is 9.97 Å². The summed E-state index contributed by atoms with van der Waals surface area (Å²) in [5, 5.41) is 0.796. The van der Waals surface area contributed by atoms with E-state index >= 15 is 0 Å². The first-order valence-corrected chi connectivity index (χ1v) is 11.4. The lowest BCUT2D eigenvalue weighted by Crippen LogP contribution is -2.34. The molecule has 184 valence electrons. The minimum absolute atomic E-state index is 0.133. The average molecular weight is 488 g/mol. The van der Waals surface area contributed by atoms with E-state index in [9.17, 15) is 9.59 Å². The van der Waals surface area contributed by atoms with Crippen LogP contribution in [0.15, 0.2) is 65.7 Å². The number of hydrogen-bond acceptors (Lipinski definition) is 7. The Morgan fingerprint density at radius 3 is 2.50 bits per heavy atom. The van der Waals surface area contributed by atoms with Crippen LogP contribution in [0.5, 0.6) is 23.0 Å². The molecule has 0 unspecified atom stereocenters. The minimum atomic E-state index is -0.264. The molecule has 3 heterocycles. The van der Waals surface area contributed by atoms with Crippen molar-refractivity contribution >= 4 is 16.8 Å². The summed E-state index contributed by atoms with van der Waals surface area (Å²) in [5.41, 5.74) is 2.32. The Morgan fingerprint density at radius 1 is 1.00 bits per heavy atom. The van der Waals surface area contributed by atoms with Crippen molar-refractivity contribution in [2.45, 2.75) is 13.0 Å². The molecule has 0 saturated carbocycles. The number of methoxy groups -OCH3 is 2. The van der Waals surface area contributed by atoms with Crippen LogP contribution in [0, 0.1) is 0 Å². The number of benzene rings is 2. The number of pyridine rings is 2. The Bertz CT molecular complexity index is 1470. The van der Waals surface area contributed by atoms with Gasteiger partial charge in [-0.15, -0.1) is 0 Å².